The second-order valence-corrected chi connectivity index (χ2v) is 6.30. The molecule has 0 aliphatic carbocycles. The zero-order valence-electron chi connectivity index (χ0n) is 17.0. The molecule has 0 radical (unpaired) electrons. The second-order valence-electron chi connectivity index (χ2n) is 6.30. The maximum Gasteiger partial charge on any atom is 0.250 e. The summed E-state index contributed by atoms with van der Waals surface area (Å²) in [6.07, 6.45) is 0. The minimum atomic E-state index is 0.339. The molecule has 0 unspecified atom stereocenters. The number of nitrogens with one attached hydrogen (secondary N) is 2. The summed E-state index contributed by atoms with van der Waals surface area (Å²) in [6.45, 7) is 9.89. The Morgan fingerprint density at radius 3 is 2.41 bits per heavy atom. The lowest BCUT2D eigenvalue weighted by Gasteiger charge is -2.19. The van der Waals surface area contributed by atoms with Crippen LogP contribution in [0.3, 0.4) is 0 Å². The molecule has 0 saturated heterocycles. The molecule has 10 nitrogen and oxygen atoms in total. The number of hydrogen-bond donors (Lipinski definition) is 2. The smallest absolute Gasteiger partial charge is 0.250 e. The van der Waals surface area contributed by atoms with E-state index in [2.05, 4.69) is 55.0 Å². The number of aryl methyl sites for hydroxylation is 1. The molecule has 29 heavy (non-hydrogen) atoms. The minimum absolute atomic E-state index is 0.339. The normalized spacial score (nSPS) is 11.4. The molecule has 0 amide bonds. The number of benzene rings is 1. The van der Waals surface area contributed by atoms with E-state index in [1.165, 1.54) is 0 Å². The molecule has 10 heteroatoms. The van der Waals surface area contributed by atoms with Gasteiger partial charge in [-0.2, -0.15) is 20.1 Å². The number of aromatic nitrogens is 5. The van der Waals surface area contributed by atoms with Crippen molar-refractivity contribution in [3.05, 3.63) is 47.3 Å². The summed E-state index contributed by atoms with van der Waals surface area (Å²) >= 11 is 0. The van der Waals surface area contributed by atoms with Crippen molar-refractivity contribution < 1.29 is 4.63 Å². The number of anilines is 3. The molecule has 2 aromatic heterocycles. The van der Waals surface area contributed by atoms with Gasteiger partial charge in [0.25, 0.3) is 0 Å². The van der Waals surface area contributed by atoms with Crippen LogP contribution in [0.4, 0.5) is 17.8 Å². The number of hydrazone groups is 1. The van der Waals surface area contributed by atoms with E-state index >= 15 is 0 Å². The molecule has 0 spiro atoms. The molecular weight excluding hydrogens is 370 g/mol. The highest BCUT2D eigenvalue weighted by molar-refractivity contribution is 5.97. The van der Waals surface area contributed by atoms with Crippen LogP contribution in [0.15, 0.2) is 40.1 Å². The fourth-order valence-electron chi connectivity index (χ4n) is 2.67. The molecule has 1 aromatic carbocycles. The Morgan fingerprint density at radius 2 is 1.76 bits per heavy atom. The third kappa shape index (κ3) is 5.24. The van der Waals surface area contributed by atoms with E-state index in [4.69, 9.17) is 4.63 Å². The Hall–Kier alpha value is -3.56. The Bertz CT molecular complexity index is 951. The highest BCUT2D eigenvalue weighted by Gasteiger charge is 2.12. The van der Waals surface area contributed by atoms with Gasteiger partial charge in [0.05, 0.1) is 5.71 Å². The topological polar surface area (TPSA) is 117 Å². The standard InChI is InChI=1S/C19H25N9O/c1-5-28(6-2)19-22-17(20-12-15-10-8-7-9-11-15)21-18(23-19)25-24-13(3)16-14(4)26-29-27-16/h7-11H,5-6,12H2,1-4H3,(H2,20,21,22,23,25)/b24-13+. The highest BCUT2D eigenvalue weighted by Crippen LogP contribution is 2.15. The maximum absolute atomic E-state index is 4.72. The number of rotatable bonds is 9. The van der Waals surface area contributed by atoms with Crippen molar-refractivity contribution in [2.75, 3.05) is 28.7 Å². The van der Waals surface area contributed by atoms with Gasteiger partial charge in [-0.05, 0) is 38.4 Å². The van der Waals surface area contributed by atoms with Gasteiger partial charge in [0.2, 0.25) is 17.8 Å². The molecule has 0 atom stereocenters. The van der Waals surface area contributed by atoms with Crippen LogP contribution in [0.2, 0.25) is 0 Å². The lowest BCUT2D eigenvalue weighted by molar-refractivity contribution is 0.304. The molecule has 0 aliphatic heterocycles. The van der Waals surface area contributed by atoms with Gasteiger partial charge in [0.15, 0.2) is 5.69 Å². The van der Waals surface area contributed by atoms with Crippen LogP contribution in [0.25, 0.3) is 0 Å². The van der Waals surface area contributed by atoms with Crippen LogP contribution in [-0.4, -0.2) is 44.1 Å². The van der Waals surface area contributed by atoms with Crippen molar-refractivity contribution in [1.82, 2.24) is 25.3 Å². The van der Waals surface area contributed by atoms with Crippen molar-refractivity contribution in [3.8, 4) is 0 Å². The molecule has 2 heterocycles. The average molecular weight is 395 g/mol. The summed E-state index contributed by atoms with van der Waals surface area (Å²) in [7, 11) is 0. The van der Waals surface area contributed by atoms with Gasteiger partial charge in [0, 0.05) is 19.6 Å². The summed E-state index contributed by atoms with van der Waals surface area (Å²) in [4.78, 5) is 15.5. The predicted octanol–water partition coefficient (Wildman–Crippen LogP) is 2.86. The molecule has 152 valence electrons. The van der Waals surface area contributed by atoms with Crippen molar-refractivity contribution in [1.29, 1.82) is 0 Å². The third-order valence-electron chi connectivity index (χ3n) is 4.28. The Kier molecular flexibility index (Phi) is 6.67. The van der Waals surface area contributed by atoms with E-state index in [1.807, 2.05) is 35.2 Å². The Labute approximate surface area is 169 Å². The van der Waals surface area contributed by atoms with Gasteiger partial charge < -0.3 is 10.2 Å². The molecule has 3 rings (SSSR count). The first-order valence-electron chi connectivity index (χ1n) is 9.49. The Balaban J connectivity index is 1.82. The van der Waals surface area contributed by atoms with Crippen LogP contribution >= 0.6 is 0 Å². The number of hydrogen-bond acceptors (Lipinski definition) is 10. The van der Waals surface area contributed by atoms with E-state index < -0.39 is 0 Å². The molecule has 0 bridgehead atoms. The largest absolute Gasteiger partial charge is 0.350 e. The maximum atomic E-state index is 4.72. The van der Waals surface area contributed by atoms with E-state index in [0.717, 1.165) is 18.7 Å². The van der Waals surface area contributed by atoms with Gasteiger partial charge >= 0.3 is 0 Å². The molecule has 0 saturated carbocycles. The zero-order valence-corrected chi connectivity index (χ0v) is 17.0. The minimum Gasteiger partial charge on any atom is -0.350 e. The van der Waals surface area contributed by atoms with Gasteiger partial charge in [-0.25, -0.2) is 10.1 Å². The van der Waals surface area contributed by atoms with E-state index in [-0.39, 0.29) is 0 Å². The van der Waals surface area contributed by atoms with Crippen molar-refractivity contribution in [3.63, 3.8) is 0 Å². The predicted molar refractivity (Wildman–Crippen MR) is 112 cm³/mol. The lowest BCUT2D eigenvalue weighted by atomic mass is 10.2. The summed E-state index contributed by atoms with van der Waals surface area (Å²) in [5.74, 6) is 1.39. The monoisotopic (exact) mass is 395 g/mol. The van der Waals surface area contributed by atoms with Crippen LogP contribution in [0.1, 0.15) is 37.7 Å². The van der Waals surface area contributed by atoms with Crippen molar-refractivity contribution in [2.45, 2.75) is 34.2 Å². The summed E-state index contributed by atoms with van der Waals surface area (Å²) in [5.41, 5.74) is 5.89. The van der Waals surface area contributed by atoms with Gasteiger partial charge in [-0.3, -0.25) is 0 Å². The van der Waals surface area contributed by atoms with E-state index in [1.54, 1.807) is 13.8 Å². The second kappa shape index (κ2) is 9.58. The summed E-state index contributed by atoms with van der Waals surface area (Å²) in [5, 5.41) is 15.2. The van der Waals surface area contributed by atoms with Crippen LogP contribution in [0.5, 0.6) is 0 Å². The molecule has 3 aromatic rings. The van der Waals surface area contributed by atoms with Crippen molar-refractivity contribution in [2.24, 2.45) is 5.10 Å². The molecule has 0 aliphatic rings. The van der Waals surface area contributed by atoms with Gasteiger partial charge in [-0.1, -0.05) is 35.5 Å². The first kappa shape index (κ1) is 20.2. The first-order chi connectivity index (χ1) is 14.1. The molecule has 0 fully saturated rings. The molecular formula is C19H25N9O. The fourth-order valence-corrected chi connectivity index (χ4v) is 2.67. The zero-order chi connectivity index (χ0) is 20.6. The highest BCUT2D eigenvalue weighted by atomic mass is 16.6. The van der Waals surface area contributed by atoms with E-state index in [0.29, 0.717) is 41.5 Å². The lowest BCUT2D eigenvalue weighted by Crippen LogP contribution is -2.25. The molecule has 2 N–H and O–H groups in total. The number of nitrogens with zero attached hydrogens (tertiary/aromatic N) is 7. The quantitative estimate of drug-likeness (QED) is 0.416. The fraction of sp³-hybridized carbons (Fsp3) is 0.368. The first-order valence-corrected chi connectivity index (χ1v) is 9.49. The third-order valence-corrected chi connectivity index (χ3v) is 4.28. The van der Waals surface area contributed by atoms with E-state index in [9.17, 15) is 0 Å². The summed E-state index contributed by atoms with van der Waals surface area (Å²) in [6, 6.07) is 10.1. The van der Waals surface area contributed by atoms with Crippen LogP contribution in [-0.2, 0) is 6.54 Å². The van der Waals surface area contributed by atoms with Crippen LogP contribution in [0, 0.1) is 6.92 Å². The Morgan fingerprint density at radius 1 is 1.03 bits per heavy atom. The van der Waals surface area contributed by atoms with Crippen molar-refractivity contribution >= 4 is 23.6 Å². The van der Waals surface area contributed by atoms with Gasteiger partial charge in [0.1, 0.15) is 5.69 Å². The van der Waals surface area contributed by atoms with Gasteiger partial charge in [-0.15, -0.1) is 0 Å². The summed E-state index contributed by atoms with van der Waals surface area (Å²) < 4.78 is 4.72. The van der Waals surface area contributed by atoms with Crippen LogP contribution < -0.4 is 15.6 Å². The average Bonchev–Trinajstić information content (AvgIpc) is 3.18. The SMILES string of the molecule is CCN(CC)c1nc(NCc2ccccc2)nc(N/N=C(\C)c2nonc2C)n1.